The Morgan fingerprint density at radius 2 is 2.45 bits per heavy atom. The molecule has 2 aromatic rings. The lowest BCUT2D eigenvalue weighted by atomic mass is 10.2. The van der Waals surface area contributed by atoms with Crippen LogP contribution >= 0.6 is 11.3 Å². The van der Waals surface area contributed by atoms with Crippen molar-refractivity contribution in [3.8, 4) is 5.75 Å². The second-order valence-electron chi connectivity index (χ2n) is 3.70. The van der Waals surface area contributed by atoms with E-state index in [1.807, 2.05) is 6.07 Å². The second-order valence-corrected chi connectivity index (χ2v) is 4.56. The SMILES string of the molecule is Nc1csc(NN=Cc2cccc(OCC(=O)O)c2)n1. The average molecular weight is 292 g/mol. The maximum absolute atomic E-state index is 10.4. The number of nitrogens with two attached hydrogens (primary N) is 1. The van der Waals surface area contributed by atoms with Gasteiger partial charge in [0.2, 0.25) is 5.13 Å². The molecule has 0 spiro atoms. The van der Waals surface area contributed by atoms with Gasteiger partial charge in [0.25, 0.3) is 0 Å². The number of aromatic nitrogens is 1. The van der Waals surface area contributed by atoms with E-state index in [4.69, 9.17) is 15.6 Å². The van der Waals surface area contributed by atoms with Gasteiger partial charge in [-0.15, -0.1) is 11.3 Å². The molecule has 2 rings (SSSR count). The average Bonchev–Trinajstić information content (AvgIpc) is 2.83. The molecule has 4 N–H and O–H groups in total. The first kappa shape index (κ1) is 13.8. The molecule has 0 saturated heterocycles. The number of hydrazone groups is 1. The van der Waals surface area contributed by atoms with E-state index in [1.165, 1.54) is 11.3 Å². The van der Waals surface area contributed by atoms with Crippen molar-refractivity contribution in [2.45, 2.75) is 0 Å². The van der Waals surface area contributed by atoms with Gasteiger partial charge in [0.05, 0.1) is 6.21 Å². The van der Waals surface area contributed by atoms with E-state index >= 15 is 0 Å². The lowest BCUT2D eigenvalue weighted by Gasteiger charge is -2.03. The number of ether oxygens (including phenoxy) is 1. The molecule has 1 aromatic heterocycles. The van der Waals surface area contributed by atoms with Crippen molar-refractivity contribution in [2.24, 2.45) is 5.10 Å². The summed E-state index contributed by atoms with van der Waals surface area (Å²) in [4.78, 5) is 14.4. The zero-order chi connectivity index (χ0) is 14.4. The molecule has 104 valence electrons. The molecule has 0 fully saturated rings. The van der Waals surface area contributed by atoms with Crippen LogP contribution in [-0.2, 0) is 4.79 Å². The van der Waals surface area contributed by atoms with Crippen LogP contribution in [0.15, 0.2) is 34.7 Å². The van der Waals surface area contributed by atoms with Crippen LogP contribution in [0, 0.1) is 0 Å². The number of hydrogen-bond acceptors (Lipinski definition) is 7. The summed E-state index contributed by atoms with van der Waals surface area (Å²) in [6, 6.07) is 6.93. The Balaban J connectivity index is 1.95. The van der Waals surface area contributed by atoms with Gasteiger partial charge in [-0.1, -0.05) is 12.1 Å². The number of aliphatic carboxylic acids is 1. The van der Waals surface area contributed by atoms with Crippen LogP contribution in [0.1, 0.15) is 5.56 Å². The number of carbonyl (C=O) groups is 1. The summed E-state index contributed by atoms with van der Waals surface area (Å²) in [5.74, 6) is -0.112. The molecule has 0 saturated carbocycles. The van der Waals surface area contributed by atoms with E-state index in [0.29, 0.717) is 16.7 Å². The number of benzene rings is 1. The first-order valence-electron chi connectivity index (χ1n) is 5.58. The fourth-order valence-electron chi connectivity index (χ4n) is 1.33. The molecule has 1 heterocycles. The van der Waals surface area contributed by atoms with Gasteiger partial charge in [-0.3, -0.25) is 5.43 Å². The van der Waals surface area contributed by atoms with Crippen molar-refractivity contribution < 1.29 is 14.6 Å². The molecule has 7 nitrogen and oxygen atoms in total. The third-order valence-corrected chi connectivity index (χ3v) is 2.88. The van der Waals surface area contributed by atoms with Crippen molar-refractivity contribution in [1.82, 2.24) is 4.98 Å². The number of rotatable bonds is 6. The zero-order valence-electron chi connectivity index (χ0n) is 10.3. The summed E-state index contributed by atoms with van der Waals surface area (Å²) >= 11 is 1.35. The van der Waals surface area contributed by atoms with Gasteiger partial charge in [-0.05, 0) is 17.7 Å². The highest BCUT2D eigenvalue weighted by Gasteiger charge is 2.00. The van der Waals surface area contributed by atoms with Gasteiger partial charge in [-0.25, -0.2) is 9.78 Å². The Morgan fingerprint density at radius 3 is 3.15 bits per heavy atom. The molecule has 20 heavy (non-hydrogen) atoms. The van der Waals surface area contributed by atoms with E-state index in [1.54, 1.807) is 29.8 Å². The number of nitrogens with one attached hydrogen (secondary N) is 1. The highest BCUT2D eigenvalue weighted by Crippen LogP contribution is 2.16. The van der Waals surface area contributed by atoms with E-state index in [9.17, 15) is 4.79 Å². The fourth-order valence-corrected chi connectivity index (χ4v) is 1.88. The number of hydrogen-bond donors (Lipinski definition) is 3. The van der Waals surface area contributed by atoms with Crippen molar-refractivity contribution in [1.29, 1.82) is 0 Å². The fraction of sp³-hybridized carbons (Fsp3) is 0.0833. The highest BCUT2D eigenvalue weighted by molar-refractivity contribution is 7.14. The maximum atomic E-state index is 10.4. The summed E-state index contributed by atoms with van der Waals surface area (Å²) in [5, 5.41) is 14.8. The van der Waals surface area contributed by atoms with Crippen LogP contribution < -0.4 is 15.9 Å². The Bertz CT molecular complexity index is 627. The molecular formula is C12H12N4O3S. The summed E-state index contributed by atoms with van der Waals surface area (Å²) in [6.45, 7) is -0.378. The van der Waals surface area contributed by atoms with Crippen molar-refractivity contribution >= 4 is 34.5 Å². The van der Waals surface area contributed by atoms with Gasteiger partial charge in [0.1, 0.15) is 11.6 Å². The minimum atomic E-state index is -1.02. The minimum absolute atomic E-state index is 0.378. The molecule has 0 bridgehead atoms. The first-order valence-corrected chi connectivity index (χ1v) is 6.46. The molecule has 0 aliphatic heterocycles. The van der Waals surface area contributed by atoms with E-state index in [-0.39, 0.29) is 6.61 Å². The first-order chi connectivity index (χ1) is 9.63. The van der Waals surface area contributed by atoms with Gasteiger partial charge >= 0.3 is 5.97 Å². The third kappa shape index (κ3) is 4.25. The normalized spacial score (nSPS) is 10.6. The van der Waals surface area contributed by atoms with Gasteiger partial charge in [0.15, 0.2) is 6.61 Å². The molecular weight excluding hydrogens is 280 g/mol. The van der Waals surface area contributed by atoms with Crippen molar-refractivity contribution in [2.75, 3.05) is 17.8 Å². The summed E-state index contributed by atoms with van der Waals surface area (Å²) in [5.41, 5.74) is 9.00. The second kappa shape index (κ2) is 6.53. The minimum Gasteiger partial charge on any atom is -0.482 e. The smallest absolute Gasteiger partial charge is 0.341 e. The van der Waals surface area contributed by atoms with Crippen LogP contribution in [0.25, 0.3) is 0 Å². The Hall–Kier alpha value is -2.61. The third-order valence-electron chi connectivity index (χ3n) is 2.12. The standard InChI is InChI=1S/C12H12N4O3S/c13-10-7-20-12(15-10)16-14-5-8-2-1-3-9(4-8)19-6-11(17)18/h1-5,7H,6,13H2,(H,15,16)(H,17,18). The molecule has 0 unspecified atom stereocenters. The number of anilines is 2. The monoisotopic (exact) mass is 292 g/mol. The number of nitrogens with zero attached hydrogens (tertiary/aromatic N) is 2. The topological polar surface area (TPSA) is 110 Å². The van der Waals surface area contributed by atoms with E-state index in [2.05, 4.69) is 15.5 Å². The lowest BCUT2D eigenvalue weighted by Crippen LogP contribution is -2.09. The molecule has 1 aromatic carbocycles. The number of carboxylic acid groups (broad SMARTS) is 1. The molecule has 0 amide bonds. The highest BCUT2D eigenvalue weighted by atomic mass is 32.1. The molecule has 0 aliphatic rings. The molecule has 0 atom stereocenters. The lowest BCUT2D eigenvalue weighted by molar-refractivity contribution is -0.139. The van der Waals surface area contributed by atoms with Crippen LogP contribution in [0.2, 0.25) is 0 Å². The van der Waals surface area contributed by atoms with E-state index < -0.39 is 5.97 Å². The molecule has 0 radical (unpaired) electrons. The molecule has 0 aliphatic carbocycles. The predicted octanol–water partition coefficient (Wildman–Crippen LogP) is 1.63. The van der Waals surface area contributed by atoms with E-state index in [0.717, 1.165) is 5.56 Å². The zero-order valence-corrected chi connectivity index (χ0v) is 11.1. The number of thiazole rings is 1. The summed E-state index contributed by atoms with van der Waals surface area (Å²) in [7, 11) is 0. The summed E-state index contributed by atoms with van der Waals surface area (Å²) < 4.78 is 5.07. The van der Waals surface area contributed by atoms with Gasteiger partial charge in [-0.2, -0.15) is 5.10 Å². The number of carboxylic acids is 1. The quantitative estimate of drug-likeness (QED) is 0.551. The Morgan fingerprint density at radius 1 is 1.60 bits per heavy atom. The van der Waals surface area contributed by atoms with Crippen LogP contribution in [0.4, 0.5) is 10.9 Å². The summed E-state index contributed by atoms with van der Waals surface area (Å²) in [6.07, 6.45) is 1.57. The van der Waals surface area contributed by atoms with Crippen LogP contribution in [-0.4, -0.2) is 28.9 Å². The predicted molar refractivity (Wildman–Crippen MR) is 77.3 cm³/mol. The molecule has 8 heteroatoms. The number of nitrogen functional groups attached to an aromatic ring is 1. The largest absolute Gasteiger partial charge is 0.482 e. The van der Waals surface area contributed by atoms with Crippen LogP contribution in [0.5, 0.6) is 5.75 Å². The van der Waals surface area contributed by atoms with Crippen LogP contribution in [0.3, 0.4) is 0 Å². The maximum Gasteiger partial charge on any atom is 0.341 e. The van der Waals surface area contributed by atoms with Crippen molar-refractivity contribution in [3.05, 3.63) is 35.2 Å². The Labute approximate surface area is 118 Å². The van der Waals surface area contributed by atoms with Gasteiger partial charge in [0, 0.05) is 5.38 Å². The van der Waals surface area contributed by atoms with Crippen molar-refractivity contribution in [3.63, 3.8) is 0 Å². The Kier molecular flexibility index (Phi) is 4.51. The van der Waals surface area contributed by atoms with Gasteiger partial charge < -0.3 is 15.6 Å².